The molecule has 1 heterocycles. The maximum Gasteiger partial charge on any atom is 0.348 e. The second kappa shape index (κ2) is 13.9. The molecule has 3 aromatic rings. The van der Waals surface area contributed by atoms with Crippen molar-refractivity contribution in [2.45, 2.75) is 33.8 Å². The molecule has 202 valence electrons. The molecule has 0 amide bonds. The summed E-state index contributed by atoms with van der Waals surface area (Å²) < 4.78 is 16.2. The van der Waals surface area contributed by atoms with Crippen LogP contribution in [0.25, 0.3) is 6.08 Å². The van der Waals surface area contributed by atoms with Gasteiger partial charge < -0.3 is 14.2 Å². The molecule has 0 bridgehead atoms. The molecule has 0 saturated carbocycles. The van der Waals surface area contributed by atoms with Gasteiger partial charge in [-0.25, -0.2) is 9.59 Å². The molecule has 0 aliphatic rings. The Hall–Kier alpha value is -3.64. The third-order valence-corrected chi connectivity index (χ3v) is 7.39. The number of hydrogen-bond donors (Lipinski definition) is 0. The number of halogens is 2. The third-order valence-electron chi connectivity index (χ3n) is 5.51. The number of rotatable bonds is 11. The average Bonchev–Trinajstić information content (AvgIpc) is 3.23. The molecule has 7 nitrogen and oxygen atoms in total. The Bertz CT molecular complexity index is 1470. The van der Waals surface area contributed by atoms with Crippen LogP contribution >= 0.6 is 34.5 Å². The molecular formula is C29H25Cl2NO6S. The van der Waals surface area contributed by atoms with Crippen LogP contribution in [0.15, 0.2) is 48.0 Å². The van der Waals surface area contributed by atoms with Crippen molar-refractivity contribution in [3.8, 4) is 11.8 Å². The van der Waals surface area contributed by atoms with Crippen LogP contribution < -0.4 is 4.74 Å². The lowest BCUT2D eigenvalue weighted by Gasteiger charge is -2.11. The lowest BCUT2D eigenvalue weighted by Crippen LogP contribution is -2.12. The SMILES string of the molecule is CCOC(=O)c1sc(CC(=O)/C(C#N)=C/c2cc(Cl)ccc2OCc2ccccc2Cl)c(C(=O)OCC)c1C. The fourth-order valence-electron chi connectivity index (χ4n) is 3.67. The van der Waals surface area contributed by atoms with Crippen molar-refractivity contribution in [3.05, 3.63) is 90.1 Å². The lowest BCUT2D eigenvalue weighted by molar-refractivity contribution is -0.114. The van der Waals surface area contributed by atoms with Gasteiger partial charge in [0.05, 0.1) is 24.4 Å². The van der Waals surface area contributed by atoms with E-state index in [4.69, 9.17) is 37.4 Å². The molecule has 0 unspecified atom stereocenters. The number of carbonyl (C=O) groups excluding carboxylic acids is 3. The molecule has 0 saturated heterocycles. The van der Waals surface area contributed by atoms with Crippen LogP contribution in [-0.2, 0) is 27.3 Å². The molecule has 0 aliphatic carbocycles. The normalized spacial score (nSPS) is 11.0. The van der Waals surface area contributed by atoms with Crippen molar-refractivity contribution in [1.82, 2.24) is 0 Å². The summed E-state index contributed by atoms with van der Waals surface area (Å²) in [7, 11) is 0. The molecule has 1 aromatic heterocycles. The summed E-state index contributed by atoms with van der Waals surface area (Å²) in [6.07, 6.45) is 1.09. The highest BCUT2D eigenvalue weighted by Crippen LogP contribution is 2.32. The van der Waals surface area contributed by atoms with Crippen LogP contribution in [0, 0.1) is 18.3 Å². The number of nitriles is 1. The number of ketones is 1. The van der Waals surface area contributed by atoms with E-state index in [2.05, 4.69) is 0 Å². The van der Waals surface area contributed by atoms with E-state index in [-0.39, 0.29) is 42.3 Å². The van der Waals surface area contributed by atoms with E-state index in [9.17, 15) is 19.6 Å². The van der Waals surface area contributed by atoms with Crippen LogP contribution in [0.5, 0.6) is 5.75 Å². The van der Waals surface area contributed by atoms with Crippen molar-refractivity contribution in [2.75, 3.05) is 13.2 Å². The first-order chi connectivity index (χ1) is 18.7. The molecule has 0 radical (unpaired) electrons. The Balaban J connectivity index is 1.94. The molecule has 10 heteroatoms. The second-order valence-corrected chi connectivity index (χ2v) is 10.1. The molecule has 2 aromatic carbocycles. The van der Waals surface area contributed by atoms with Crippen LogP contribution in [0.4, 0.5) is 0 Å². The van der Waals surface area contributed by atoms with E-state index in [1.54, 1.807) is 45.0 Å². The van der Waals surface area contributed by atoms with Crippen molar-refractivity contribution < 1.29 is 28.6 Å². The number of esters is 2. The van der Waals surface area contributed by atoms with Crippen LogP contribution in [-0.4, -0.2) is 30.9 Å². The van der Waals surface area contributed by atoms with Gasteiger partial charge in [-0.05, 0) is 56.7 Å². The number of ether oxygens (including phenoxy) is 3. The highest BCUT2D eigenvalue weighted by Gasteiger charge is 2.28. The topological polar surface area (TPSA) is 103 Å². The molecule has 0 fully saturated rings. The lowest BCUT2D eigenvalue weighted by atomic mass is 10.0. The fourth-order valence-corrected chi connectivity index (χ4v) is 5.22. The van der Waals surface area contributed by atoms with Crippen molar-refractivity contribution in [2.24, 2.45) is 0 Å². The van der Waals surface area contributed by atoms with Crippen LogP contribution in [0.3, 0.4) is 0 Å². The molecule has 3 rings (SSSR count). The Kier molecular flexibility index (Phi) is 10.7. The molecule has 39 heavy (non-hydrogen) atoms. The maximum atomic E-state index is 13.3. The first kappa shape index (κ1) is 29.9. The number of nitrogens with zero attached hydrogens (tertiary/aromatic N) is 1. The predicted molar refractivity (Wildman–Crippen MR) is 151 cm³/mol. The zero-order valence-electron chi connectivity index (χ0n) is 21.5. The maximum absolute atomic E-state index is 13.3. The highest BCUT2D eigenvalue weighted by atomic mass is 35.5. The molecule has 0 spiro atoms. The summed E-state index contributed by atoms with van der Waals surface area (Å²) in [5.74, 6) is -1.42. The summed E-state index contributed by atoms with van der Waals surface area (Å²) in [5.41, 5.74) is 1.49. The number of thiophene rings is 1. The summed E-state index contributed by atoms with van der Waals surface area (Å²) in [6.45, 7) is 5.35. The molecule has 0 atom stereocenters. The summed E-state index contributed by atoms with van der Waals surface area (Å²) in [5, 5.41) is 10.8. The van der Waals surface area contributed by atoms with Crippen LogP contribution in [0.1, 0.15) is 55.4 Å². The Morgan fingerprint density at radius 1 is 1.03 bits per heavy atom. The van der Waals surface area contributed by atoms with Gasteiger partial charge in [0.1, 0.15) is 23.3 Å². The number of allylic oxidation sites excluding steroid dienone is 1. The molecule has 0 aliphatic heterocycles. The van der Waals surface area contributed by atoms with Crippen molar-refractivity contribution in [3.63, 3.8) is 0 Å². The minimum absolute atomic E-state index is 0.116. The largest absolute Gasteiger partial charge is 0.488 e. The number of hydrogen-bond acceptors (Lipinski definition) is 8. The van der Waals surface area contributed by atoms with Crippen molar-refractivity contribution >= 4 is 58.3 Å². The first-order valence-corrected chi connectivity index (χ1v) is 13.5. The Morgan fingerprint density at radius 3 is 2.38 bits per heavy atom. The van der Waals surface area contributed by atoms with Gasteiger partial charge in [0.2, 0.25) is 0 Å². The Labute approximate surface area is 240 Å². The molecule has 0 N–H and O–H groups in total. The van der Waals surface area contributed by atoms with E-state index < -0.39 is 17.7 Å². The van der Waals surface area contributed by atoms with Crippen molar-refractivity contribution in [1.29, 1.82) is 5.26 Å². The van der Waals surface area contributed by atoms with Gasteiger partial charge in [-0.3, -0.25) is 4.79 Å². The van der Waals surface area contributed by atoms with Gasteiger partial charge >= 0.3 is 11.9 Å². The Morgan fingerprint density at radius 2 is 1.72 bits per heavy atom. The third kappa shape index (κ3) is 7.48. The molecular weight excluding hydrogens is 561 g/mol. The minimum Gasteiger partial charge on any atom is -0.488 e. The van der Waals surface area contributed by atoms with Gasteiger partial charge in [0, 0.05) is 32.5 Å². The van der Waals surface area contributed by atoms with E-state index in [0.29, 0.717) is 31.8 Å². The van der Waals surface area contributed by atoms with E-state index in [0.717, 1.165) is 16.9 Å². The first-order valence-electron chi connectivity index (χ1n) is 12.0. The quantitative estimate of drug-likeness (QED) is 0.135. The predicted octanol–water partition coefficient (Wildman–Crippen LogP) is 7.01. The zero-order valence-corrected chi connectivity index (χ0v) is 23.8. The second-order valence-electron chi connectivity index (χ2n) is 8.13. The van der Waals surface area contributed by atoms with E-state index in [1.165, 1.54) is 6.08 Å². The van der Waals surface area contributed by atoms with Gasteiger partial charge in [0.15, 0.2) is 5.78 Å². The fraction of sp³-hybridized carbons (Fsp3) is 0.241. The minimum atomic E-state index is -0.655. The van der Waals surface area contributed by atoms with E-state index in [1.807, 2.05) is 24.3 Å². The number of benzene rings is 2. The average molecular weight is 586 g/mol. The summed E-state index contributed by atoms with van der Waals surface area (Å²) >= 11 is 13.4. The monoisotopic (exact) mass is 585 g/mol. The van der Waals surface area contributed by atoms with Crippen LogP contribution in [0.2, 0.25) is 10.0 Å². The van der Waals surface area contributed by atoms with Gasteiger partial charge in [0.25, 0.3) is 0 Å². The number of carbonyl (C=O) groups is 3. The van der Waals surface area contributed by atoms with E-state index >= 15 is 0 Å². The number of Topliss-reactive ketones (excluding diaryl/α,β-unsaturated/α-hetero) is 1. The van der Waals surface area contributed by atoms with Gasteiger partial charge in [-0.15, -0.1) is 11.3 Å². The highest BCUT2D eigenvalue weighted by molar-refractivity contribution is 7.14. The summed E-state index contributed by atoms with van der Waals surface area (Å²) in [6, 6.07) is 14.0. The smallest absolute Gasteiger partial charge is 0.348 e. The standard InChI is InChI=1S/C29H25Cl2NO6S/c1-4-36-28(34)26-17(3)27(29(35)37-5-2)39-25(26)14-23(33)20(15-32)12-19-13-21(30)10-11-24(19)38-16-18-8-6-7-9-22(18)31/h6-13H,4-5,14,16H2,1-3H3/b20-12+. The summed E-state index contributed by atoms with van der Waals surface area (Å²) in [4.78, 5) is 38.9. The van der Waals surface area contributed by atoms with Gasteiger partial charge in [-0.1, -0.05) is 41.4 Å². The van der Waals surface area contributed by atoms with Gasteiger partial charge in [-0.2, -0.15) is 5.26 Å². The zero-order chi connectivity index (χ0) is 28.5.